The fourth-order valence-corrected chi connectivity index (χ4v) is 2.75. The summed E-state index contributed by atoms with van der Waals surface area (Å²) in [6, 6.07) is 7.87. The van der Waals surface area contributed by atoms with Gasteiger partial charge in [-0.2, -0.15) is 14.9 Å². The maximum Gasteiger partial charge on any atom is 0.325 e. The molecule has 0 unspecified atom stereocenters. The topological polar surface area (TPSA) is 77.2 Å². The fourth-order valence-electron chi connectivity index (χ4n) is 2.60. The van der Waals surface area contributed by atoms with Crippen LogP contribution in [0.15, 0.2) is 35.7 Å². The molecular formula is C16H17N5O2S. The molecule has 124 valence electrons. The molecule has 0 aliphatic carbocycles. The number of para-hydroxylation sites is 1. The van der Waals surface area contributed by atoms with E-state index in [0.717, 1.165) is 22.2 Å². The first-order chi connectivity index (χ1) is 11.6. The number of fused-ring (bicyclic) bond motifs is 1. The zero-order valence-corrected chi connectivity index (χ0v) is 14.2. The van der Waals surface area contributed by atoms with Gasteiger partial charge in [0.1, 0.15) is 12.9 Å². The van der Waals surface area contributed by atoms with E-state index in [1.807, 2.05) is 35.8 Å². The van der Waals surface area contributed by atoms with E-state index in [2.05, 4.69) is 15.3 Å². The van der Waals surface area contributed by atoms with Crippen LogP contribution < -0.4 is 0 Å². The van der Waals surface area contributed by atoms with Crippen LogP contribution in [-0.4, -0.2) is 38.2 Å². The molecule has 0 bridgehead atoms. The van der Waals surface area contributed by atoms with Gasteiger partial charge in [0.2, 0.25) is 4.77 Å². The Morgan fingerprint density at radius 1 is 1.46 bits per heavy atom. The zero-order valence-electron chi connectivity index (χ0n) is 13.4. The third kappa shape index (κ3) is 3.00. The Bertz CT molecular complexity index is 966. The number of hydrogen-bond donors (Lipinski definition) is 1. The second-order valence-electron chi connectivity index (χ2n) is 5.16. The van der Waals surface area contributed by atoms with Gasteiger partial charge in [-0.3, -0.25) is 9.89 Å². The van der Waals surface area contributed by atoms with Gasteiger partial charge in [-0.05, 0) is 32.1 Å². The van der Waals surface area contributed by atoms with E-state index < -0.39 is 0 Å². The van der Waals surface area contributed by atoms with Crippen LogP contribution in [0.4, 0.5) is 0 Å². The molecule has 1 N–H and O–H groups in total. The molecule has 0 fully saturated rings. The van der Waals surface area contributed by atoms with E-state index in [9.17, 15) is 4.79 Å². The summed E-state index contributed by atoms with van der Waals surface area (Å²) in [7, 11) is 0. The van der Waals surface area contributed by atoms with Crippen molar-refractivity contribution in [3.05, 3.63) is 46.6 Å². The second kappa shape index (κ2) is 6.79. The molecule has 3 aromatic rings. The molecule has 0 spiro atoms. The Labute approximate surface area is 143 Å². The van der Waals surface area contributed by atoms with Gasteiger partial charge in [0, 0.05) is 22.2 Å². The molecule has 3 rings (SSSR count). The number of rotatable bonds is 5. The molecule has 2 heterocycles. The summed E-state index contributed by atoms with van der Waals surface area (Å²) in [6.07, 6.45) is 3.23. The highest BCUT2D eigenvalue weighted by atomic mass is 32.1. The summed E-state index contributed by atoms with van der Waals surface area (Å²) in [6.45, 7) is 4.28. The summed E-state index contributed by atoms with van der Waals surface area (Å²) in [5.41, 5.74) is 2.82. The number of carbonyl (C=O) groups excluding carboxylic acids is 1. The Morgan fingerprint density at radius 3 is 2.96 bits per heavy atom. The molecule has 0 radical (unpaired) electrons. The number of nitrogens with zero attached hydrogens (tertiary/aromatic N) is 4. The number of ether oxygens (including phenoxy) is 1. The van der Waals surface area contributed by atoms with Gasteiger partial charge in [-0.1, -0.05) is 18.2 Å². The smallest absolute Gasteiger partial charge is 0.325 e. The normalized spacial score (nSPS) is 11.4. The number of aromatic nitrogens is 4. The number of benzene rings is 1. The van der Waals surface area contributed by atoms with Gasteiger partial charge in [-0.25, -0.2) is 0 Å². The van der Waals surface area contributed by atoms with Crippen molar-refractivity contribution in [2.24, 2.45) is 5.10 Å². The highest BCUT2D eigenvalue weighted by Gasteiger charge is 2.15. The molecule has 2 aromatic heterocycles. The molecule has 8 heteroatoms. The summed E-state index contributed by atoms with van der Waals surface area (Å²) in [5, 5.41) is 11.8. The number of hydrogen-bond acceptors (Lipinski definition) is 5. The zero-order chi connectivity index (χ0) is 17.1. The summed E-state index contributed by atoms with van der Waals surface area (Å²) >= 11 is 5.09. The number of H-pyrrole nitrogens is 1. The minimum absolute atomic E-state index is 0.166. The predicted molar refractivity (Wildman–Crippen MR) is 93.7 cm³/mol. The first-order valence-electron chi connectivity index (χ1n) is 7.51. The summed E-state index contributed by atoms with van der Waals surface area (Å²) in [5.74, 6) is -0.262. The highest BCUT2D eigenvalue weighted by molar-refractivity contribution is 7.71. The van der Waals surface area contributed by atoms with Crippen LogP contribution in [0.2, 0.25) is 0 Å². The van der Waals surface area contributed by atoms with Crippen LogP contribution in [0.1, 0.15) is 18.2 Å². The van der Waals surface area contributed by atoms with E-state index in [1.54, 1.807) is 13.1 Å². The van der Waals surface area contributed by atoms with Crippen LogP contribution in [-0.2, 0) is 16.1 Å². The molecule has 0 amide bonds. The largest absolute Gasteiger partial charge is 0.465 e. The van der Waals surface area contributed by atoms with Crippen molar-refractivity contribution in [2.45, 2.75) is 20.4 Å². The number of aromatic amines is 1. The molecule has 0 saturated heterocycles. The molecule has 0 aliphatic rings. The molecule has 24 heavy (non-hydrogen) atoms. The average Bonchev–Trinajstić information content (AvgIpc) is 3.09. The quantitative estimate of drug-likeness (QED) is 0.439. The SMILES string of the molecule is CCOC(=O)Cn1c(C)c(/C=N/n2cn[nH]c2=S)c2ccccc21. The Hall–Kier alpha value is -2.74. The summed E-state index contributed by atoms with van der Waals surface area (Å²) < 4.78 is 8.90. The number of esters is 1. The van der Waals surface area contributed by atoms with Crippen LogP contribution in [0.3, 0.4) is 0 Å². The van der Waals surface area contributed by atoms with Crippen molar-refractivity contribution in [3.63, 3.8) is 0 Å². The molecule has 0 atom stereocenters. The van der Waals surface area contributed by atoms with E-state index >= 15 is 0 Å². The number of carbonyl (C=O) groups is 1. The monoisotopic (exact) mass is 343 g/mol. The van der Waals surface area contributed by atoms with E-state index in [4.69, 9.17) is 17.0 Å². The first-order valence-corrected chi connectivity index (χ1v) is 7.92. The Kier molecular flexibility index (Phi) is 4.57. The molecule has 7 nitrogen and oxygen atoms in total. The number of nitrogens with one attached hydrogen (secondary N) is 1. The highest BCUT2D eigenvalue weighted by Crippen LogP contribution is 2.24. The van der Waals surface area contributed by atoms with Crippen molar-refractivity contribution < 1.29 is 9.53 Å². The standard InChI is InChI=1S/C16H17N5O2S/c1-3-23-15(22)9-20-11(2)13(12-6-4-5-7-14(12)20)8-18-21-10-17-19-16(21)24/h4-8,10H,3,9H2,1-2H3,(H,19,24)/b18-8+. The van der Waals surface area contributed by atoms with Crippen LogP contribution in [0.25, 0.3) is 10.9 Å². The molecule has 0 saturated carbocycles. The van der Waals surface area contributed by atoms with Crippen molar-refractivity contribution in [3.8, 4) is 0 Å². The predicted octanol–water partition coefficient (Wildman–Crippen LogP) is 2.65. The van der Waals surface area contributed by atoms with Crippen molar-refractivity contribution in [1.82, 2.24) is 19.4 Å². The van der Waals surface area contributed by atoms with E-state index in [1.165, 1.54) is 11.0 Å². The third-order valence-electron chi connectivity index (χ3n) is 3.72. The van der Waals surface area contributed by atoms with Gasteiger partial charge in [0.05, 0.1) is 12.8 Å². The van der Waals surface area contributed by atoms with E-state index in [0.29, 0.717) is 11.4 Å². The lowest BCUT2D eigenvalue weighted by atomic mass is 10.1. The Balaban J connectivity index is 2.06. The third-order valence-corrected chi connectivity index (χ3v) is 4.00. The molecular weight excluding hydrogens is 326 g/mol. The minimum atomic E-state index is -0.262. The van der Waals surface area contributed by atoms with Gasteiger partial charge in [0.25, 0.3) is 0 Å². The van der Waals surface area contributed by atoms with Crippen molar-refractivity contribution in [1.29, 1.82) is 0 Å². The lowest BCUT2D eigenvalue weighted by molar-refractivity contribution is -0.143. The lowest BCUT2D eigenvalue weighted by Gasteiger charge is -2.07. The minimum Gasteiger partial charge on any atom is -0.465 e. The maximum absolute atomic E-state index is 11.9. The van der Waals surface area contributed by atoms with Crippen LogP contribution in [0, 0.1) is 11.7 Å². The van der Waals surface area contributed by atoms with Gasteiger partial charge >= 0.3 is 5.97 Å². The Morgan fingerprint density at radius 2 is 2.25 bits per heavy atom. The first kappa shape index (κ1) is 16.1. The van der Waals surface area contributed by atoms with Gasteiger partial charge in [0.15, 0.2) is 0 Å². The summed E-state index contributed by atoms with van der Waals surface area (Å²) in [4.78, 5) is 11.9. The van der Waals surface area contributed by atoms with Crippen LogP contribution >= 0.6 is 12.2 Å². The fraction of sp³-hybridized carbons (Fsp3) is 0.250. The lowest BCUT2D eigenvalue weighted by Crippen LogP contribution is -2.14. The maximum atomic E-state index is 11.9. The van der Waals surface area contributed by atoms with Gasteiger partial charge in [-0.15, -0.1) is 0 Å². The van der Waals surface area contributed by atoms with E-state index in [-0.39, 0.29) is 12.5 Å². The van der Waals surface area contributed by atoms with Crippen molar-refractivity contribution >= 4 is 35.3 Å². The van der Waals surface area contributed by atoms with Gasteiger partial charge < -0.3 is 9.30 Å². The molecule has 0 aliphatic heterocycles. The van der Waals surface area contributed by atoms with Crippen molar-refractivity contribution in [2.75, 3.05) is 6.61 Å². The molecule has 1 aromatic carbocycles. The second-order valence-corrected chi connectivity index (χ2v) is 5.54. The van der Waals surface area contributed by atoms with Crippen LogP contribution in [0.5, 0.6) is 0 Å². The average molecular weight is 343 g/mol.